The van der Waals surface area contributed by atoms with Crippen molar-refractivity contribution in [3.63, 3.8) is 0 Å². The molecule has 1 unspecified atom stereocenters. The van der Waals surface area contributed by atoms with E-state index >= 15 is 0 Å². The molecule has 31 heavy (non-hydrogen) atoms. The number of rotatable bonds is 8. The number of ether oxygens (including phenoxy) is 1. The maximum atomic E-state index is 13.1. The molecule has 0 fully saturated rings. The highest BCUT2D eigenvalue weighted by molar-refractivity contribution is 8.00. The Morgan fingerprint density at radius 2 is 1.94 bits per heavy atom. The fraction of sp³-hybridized carbons (Fsp3) is 0.318. The van der Waals surface area contributed by atoms with E-state index in [9.17, 15) is 9.59 Å². The number of thioether (sulfide) groups is 1. The average molecular weight is 480 g/mol. The monoisotopic (exact) mass is 479 g/mol. The van der Waals surface area contributed by atoms with Crippen molar-refractivity contribution in [2.24, 2.45) is 0 Å². The lowest BCUT2D eigenvalue weighted by Gasteiger charge is -2.17. The van der Waals surface area contributed by atoms with Crippen molar-refractivity contribution in [3.8, 4) is 0 Å². The highest BCUT2D eigenvalue weighted by Gasteiger charge is 2.20. The van der Waals surface area contributed by atoms with Crippen LogP contribution in [0, 0.1) is 6.92 Å². The summed E-state index contributed by atoms with van der Waals surface area (Å²) < 4.78 is 6.71. The fourth-order valence-corrected chi connectivity index (χ4v) is 4.28. The molecule has 6 nitrogen and oxygen atoms in total. The Hall–Kier alpha value is -2.06. The molecule has 0 radical (unpaired) electrons. The predicted octanol–water partition coefficient (Wildman–Crippen LogP) is 5.17. The second kappa shape index (κ2) is 10.5. The van der Waals surface area contributed by atoms with Crippen LogP contribution >= 0.6 is 35.0 Å². The summed E-state index contributed by atoms with van der Waals surface area (Å²) in [6.07, 6.45) is 0.646. The Morgan fingerprint density at radius 3 is 2.68 bits per heavy atom. The third-order valence-electron chi connectivity index (χ3n) is 4.72. The van der Waals surface area contributed by atoms with Gasteiger partial charge in [-0.1, -0.05) is 41.0 Å². The Labute approximate surface area is 194 Å². The summed E-state index contributed by atoms with van der Waals surface area (Å²) in [4.78, 5) is 30.5. The third kappa shape index (κ3) is 5.80. The smallest absolute Gasteiger partial charge is 0.262 e. The molecule has 0 bridgehead atoms. The van der Waals surface area contributed by atoms with Crippen LogP contribution in [0.5, 0.6) is 0 Å². The number of anilines is 1. The first-order chi connectivity index (χ1) is 14.8. The van der Waals surface area contributed by atoms with Crippen molar-refractivity contribution in [1.82, 2.24) is 9.55 Å². The molecule has 1 atom stereocenters. The molecule has 3 rings (SSSR count). The van der Waals surface area contributed by atoms with E-state index in [0.29, 0.717) is 51.4 Å². The molecule has 0 saturated carbocycles. The zero-order valence-electron chi connectivity index (χ0n) is 17.4. The summed E-state index contributed by atoms with van der Waals surface area (Å²) >= 11 is 13.4. The normalized spacial score (nSPS) is 12.2. The minimum absolute atomic E-state index is 0.168. The lowest BCUT2D eigenvalue weighted by molar-refractivity contribution is -0.115. The van der Waals surface area contributed by atoms with Crippen molar-refractivity contribution in [1.29, 1.82) is 0 Å². The van der Waals surface area contributed by atoms with Crippen LogP contribution in [0.3, 0.4) is 0 Å². The SMILES string of the molecule is COCCCn1c(SC(C)C(=O)Nc2cc(Cl)ccc2C)nc2cc(Cl)ccc2c1=O. The second-order valence-electron chi connectivity index (χ2n) is 7.07. The first-order valence-corrected chi connectivity index (χ1v) is 11.4. The number of fused-ring (bicyclic) bond motifs is 1. The van der Waals surface area contributed by atoms with Gasteiger partial charge in [-0.15, -0.1) is 0 Å². The number of hydrogen-bond acceptors (Lipinski definition) is 5. The summed E-state index contributed by atoms with van der Waals surface area (Å²) in [5, 5.41) is 4.38. The molecule has 9 heteroatoms. The number of aryl methyl sites for hydroxylation is 1. The molecule has 1 aromatic heterocycles. The van der Waals surface area contributed by atoms with Gasteiger partial charge in [-0.05, 0) is 56.2 Å². The predicted molar refractivity (Wildman–Crippen MR) is 128 cm³/mol. The number of amides is 1. The van der Waals surface area contributed by atoms with E-state index in [1.807, 2.05) is 13.0 Å². The van der Waals surface area contributed by atoms with Crippen molar-refractivity contribution < 1.29 is 9.53 Å². The van der Waals surface area contributed by atoms with E-state index < -0.39 is 5.25 Å². The van der Waals surface area contributed by atoms with Crippen molar-refractivity contribution in [2.75, 3.05) is 19.0 Å². The molecule has 0 aliphatic rings. The van der Waals surface area contributed by atoms with Crippen LogP contribution < -0.4 is 10.9 Å². The number of carbonyl (C=O) groups is 1. The van der Waals surface area contributed by atoms with Crippen LogP contribution in [-0.4, -0.2) is 34.4 Å². The highest BCUT2D eigenvalue weighted by Crippen LogP contribution is 2.26. The molecular weight excluding hydrogens is 457 g/mol. The first-order valence-electron chi connectivity index (χ1n) is 9.73. The van der Waals surface area contributed by atoms with Crippen LogP contribution in [0.15, 0.2) is 46.3 Å². The number of hydrogen-bond donors (Lipinski definition) is 1. The minimum atomic E-state index is -0.504. The summed E-state index contributed by atoms with van der Waals surface area (Å²) in [5.41, 5.74) is 1.89. The third-order valence-corrected chi connectivity index (χ3v) is 6.28. The van der Waals surface area contributed by atoms with Crippen LogP contribution in [0.4, 0.5) is 5.69 Å². The first kappa shape index (κ1) is 23.6. The van der Waals surface area contributed by atoms with Crippen LogP contribution in [0.25, 0.3) is 10.9 Å². The Morgan fingerprint density at radius 1 is 1.23 bits per heavy atom. The summed E-state index contributed by atoms with van der Waals surface area (Å²) in [5.74, 6) is -0.209. The molecule has 0 saturated heterocycles. The van der Waals surface area contributed by atoms with Gasteiger partial charge in [0.1, 0.15) is 0 Å². The van der Waals surface area contributed by atoms with Crippen LogP contribution in [-0.2, 0) is 16.1 Å². The molecular formula is C22H23Cl2N3O3S. The van der Waals surface area contributed by atoms with Gasteiger partial charge < -0.3 is 10.1 Å². The average Bonchev–Trinajstić information content (AvgIpc) is 2.72. The van der Waals surface area contributed by atoms with Gasteiger partial charge in [-0.2, -0.15) is 0 Å². The molecule has 0 aliphatic carbocycles. The van der Waals surface area contributed by atoms with Gasteiger partial charge in [0.25, 0.3) is 5.56 Å². The molecule has 2 aromatic carbocycles. The quantitative estimate of drug-likeness (QED) is 0.274. The van der Waals surface area contributed by atoms with Crippen molar-refractivity contribution in [3.05, 3.63) is 62.4 Å². The number of nitrogens with zero attached hydrogens (tertiary/aromatic N) is 2. The highest BCUT2D eigenvalue weighted by atomic mass is 35.5. The molecule has 1 amide bonds. The number of halogens is 2. The van der Waals surface area contributed by atoms with Crippen molar-refractivity contribution in [2.45, 2.75) is 37.2 Å². The van der Waals surface area contributed by atoms with Crippen LogP contribution in [0.1, 0.15) is 18.9 Å². The van der Waals surface area contributed by atoms with E-state index in [1.165, 1.54) is 11.8 Å². The Kier molecular flexibility index (Phi) is 8.00. The molecule has 1 heterocycles. The maximum absolute atomic E-state index is 13.1. The summed E-state index contributed by atoms with van der Waals surface area (Å²) in [6.45, 7) is 4.61. The van der Waals surface area contributed by atoms with Gasteiger partial charge in [0, 0.05) is 36.0 Å². The van der Waals surface area contributed by atoms with E-state index in [1.54, 1.807) is 48.9 Å². The Bertz CT molecular complexity index is 1170. The summed E-state index contributed by atoms with van der Waals surface area (Å²) in [6, 6.07) is 10.3. The van der Waals surface area contributed by atoms with Gasteiger partial charge in [0.05, 0.1) is 16.2 Å². The zero-order chi connectivity index (χ0) is 22.5. The standard InChI is InChI=1S/C22H23Cl2N3O3S/c1-13-5-6-15(23)11-18(13)25-20(28)14(2)31-22-26-19-12-16(24)7-8-17(19)21(29)27(22)9-4-10-30-3/h5-8,11-12,14H,4,9-10H2,1-3H3,(H,25,28). The van der Waals surface area contributed by atoms with E-state index in [-0.39, 0.29) is 11.5 Å². The lowest BCUT2D eigenvalue weighted by atomic mass is 10.2. The largest absolute Gasteiger partial charge is 0.385 e. The number of nitrogens with one attached hydrogen (secondary N) is 1. The molecule has 164 valence electrons. The lowest BCUT2D eigenvalue weighted by Crippen LogP contribution is -2.27. The van der Waals surface area contributed by atoms with E-state index in [4.69, 9.17) is 27.9 Å². The van der Waals surface area contributed by atoms with Gasteiger partial charge in [0.2, 0.25) is 5.91 Å². The fourth-order valence-electron chi connectivity index (χ4n) is 3.00. The zero-order valence-corrected chi connectivity index (χ0v) is 19.8. The number of aromatic nitrogens is 2. The maximum Gasteiger partial charge on any atom is 0.262 e. The Balaban J connectivity index is 1.90. The summed E-state index contributed by atoms with van der Waals surface area (Å²) in [7, 11) is 1.61. The van der Waals surface area contributed by atoms with E-state index in [0.717, 1.165) is 5.56 Å². The molecule has 3 aromatic rings. The molecule has 0 aliphatic heterocycles. The van der Waals surface area contributed by atoms with Gasteiger partial charge >= 0.3 is 0 Å². The molecule has 0 spiro atoms. The number of benzene rings is 2. The van der Waals surface area contributed by atoms with Crippen LogP contribution in [0.2, 0.25) is 10.0 Å². The van der Waals surface area contributed by atoms with Crippen molar-refractivity contribution >= 4 is 57.5 Å². The second-order valence-corrected chi connectivity index (χ2v) is 9.25. The number of methoxy groups -OCH3 is 1. The molecule has 1 N–H and O–H groups in total. The van der Waals surface area contributed by atoms with Gasteiger partial charge in [-0.25, -0.2) is 4.98 Å². The topological polar surface area (TPSA) is 73.2 Å². The van der Waals surface area contributed by atoms with E-state index in [2.05, 4.69) is 10.3 Å². The minimum Gasteiger partial charge on any atom is -0.385 e. The van der Waals surface area contributed by atoms with Gasteiger partial charge in [0.15, 0.2) is 5.16 Å². The van der Waals surface area contributed by atoms with Gasteiger partial charge in [-0.3, -0.25) is 14.2 Å². The number of carbonyl (C=O) groups excluding carboxylic acids is 1.